The van der Waals surface area contributed by atoms with E-state index in [0.717, 1.165) is 11.1 Å². The minimum Gasteiger partial charge on any atom is -0.482 e. The van der Waals surface area contributed by atoms with Crippen LogP contribution in [0.1, 0.15) is 61.2 Å². The number of benzene rings is 2. The van der Waals surface area contributed by atoms with Gasteiger partial charge in [-0.3, -0.25) is 14.5 Å². The number of carbonyl (C=O) groups is 2. The van der Waals surface area contributed by atoms with E-state index in [1.165, 1.54) is 0 Å². The number of nitrogens with zero attached hydrogens (tertiary/aromatic N) is 1. The molecule has 0 unspecified atom stereocenters. The third-order valence-electron chi connectivity index (χ3n) is 5.61. The molecule has 1 N–H and O–H groups in total. The van der Waals surface area contributed by atoms with Crippen molar-refractivity contribution >= 4 is 17.5 Å². The molecule has 0 radical (unpaired) electrons. The predicted octanol–water partition coefficient (Wildman–Crippen LogP) is 4.99. The maximum absolute atomic E-state index is 12.6. The first-order valence-corrected chi connectivity index (χ1v) is 10.7. The first kappa shape index (κ1) is 21.7. The average Bonchev–Trinajstić information content (AvgIpc) is 3.24. The maximum atomic E-state index is 12.6. The topological polar surface area (TPSA) is 71.8 Å². The van der Waals surface area contributed by atoms with Crippen LogP contribution in [0.3, 0.4) is 0 Å². The van der Waals surface area contributed by atoms with Gasteiger partial charge in [0.25, 0.3) is 11.8 Å². The molecule has 1 aliphatic heterocycles. The summed E-state index contributed by atoms with van der Waals surface area (Å²) in [5.74, 6) is 0.968. The Hall–Kier alpha value is -3.54. The summed E-state index contributed by atoms with van der Waals surface area (Å²) in [5, 5.41) is 2.94. The summed E-state index contributed by atoms with van der Waals surface area (Å²) in [7, 11) is 0. The molecule has 0 aliphatic carbocycles. The van der Waals surface area contributed by atoms with Crippen molar-refractivity contribution in [1.29, 1.82) is 0 Å². The van der Waals surface area contributed by atoms with Crippen LogP contribution >= 0.6 is 0 Å². The minimum atomic E-state index is -0.295. The lowest BCUT2D eigenvalue weighted by Gasteiger charge is -2.31. The Morgan fingerprint density at radius 3 is 2.56 bits per heavy atom. The van der Waals surface area contributed by atoms with Crippen LogP contribution in [0, 0.1) is 0 Å². The van der Waals surface area contributed by atoms with Gasteiger partial charge in [0.2, 0.25) is 0 Å². The zero-order valence-corrected chi connectivity index (χ0v) is 18.8. The van der Waals surface area contributed by atoms with Crippen LogP contribution in [0.25, 0.3) is 0 Å². The molecule has 32 heavy (non-hydrogen) atoms. The van der Waals surface area contributed by atoms with E-state index in [4.69, 9.17) is 9.15 Å². The number of fused-ring (bicyclic) bond motifs is 1. The van der Waals surface area contributed by atoms with Crippen molar-refractivity contribution < 1.29 is 18.7 Å². The fourth-order valence-electron chi connectivity index (χ4n) is 3.68. The molecule has 2 amide bonds. The third kappa shape index (κ3) is 4.54. The van der Waals surface area contributed by atoms with Gasteiger partial charge in [0.05, 0.1) is 18.3 Å². The second kappa shape index (κ2) is 8.54. The summed E-state index contributed by atoms with van der Waals surface area (Å²) in [6.45, 7) is 8.50. The number of anilines is 1. The minimum absolute atomic E-state index is 0.0233. The largest absolute Gasteiger partial charge is 0.482 e. The van der Waals surface area contributed by atoms with Crippen molar-refractivity contribution in [3.05, 3.63) is 83.3 Å². The van der Waals surface area contributed by atoms with Gasteiger partial charge in [-0.15, -0.1) is 0 Å². The summed E-state index contributed by atoms with van der Waals surface area (Å²) >= 11 is 0. The standard InChI is InChI=1S/C26H28N2O4/c1-17(18-8-6-5-7-9-18)27-25(30)23-13-11-20(32-23)15-28-21-14-19(26(2,3)4)10-12-22(21)31-16-24(28)29/h5-14,17H,15-16H2,1-4H3,(H,27,30)/t17-/m1/s1. The molecule has 166 valence electrons. The Morgan fingerprint density at radius 2 is 1.84 bits per heavy atom. The highest BCUT2D eigenvalue weighted by molar-refractivity contribution is 5.98. The van der Waals surface area contributed by atoms with Gasteiger partial charge in [-0.1, -0.05) is 57.2 Å². The van der Waals surface area contributed by atoms with Crippen LogP contribution in [0.5, 0.6) is 5.75 Å². The number of nitrogens with one attached hydrogen (secondary N) is 1. The SMILES string of the molecule is C[C@@H](NC(=O)c1ccc(CN2C(=O)COc3ccc(C(C)(C)C)cc32)o1)c1ccccc1. The van der Waals surface area contributed by atoms with Crippen molar-refractivity contribution in [3.8, 4) is 5.75 Å². The van der Waals surface area contributed by atoms with E-state index >= 15 is 0 Å². The molecular weight excluding hydrogens is 404 g/mol. The van der Waals surface area contributed by atoms with Crippen molar-refractivity contribution in [2.45, 2.75) is 45.7 Å². The first-order valence-electron chi connectivity index (χ1n) is 10.7. The predicted molar refractivity (Wildman–Crippen MR) is 123 cm³/mol. The summed E-state index contributed by atoms with van der Waals surface area (Å²) in [5.41, 5.74) is 2.77. The second-order valence-electron chi connectivity index (χ2n) is 9.07. The molecule has 0 bridgehead atoms. The number of hydrogen-bond acceptors (Lipinski definition) is 4. The molecule has 0 spiro atoms. The Labute approximate surface area is 188 Å². The van der Waals surface area contributed by atoms with Gasteiger partial charge in [0, 0.05) is 0 Å². The van der Waals surface area contributed by atoms with E-state index in [-0.39, 0.29) is 42.2 Å². The molecule has 4 rings (SSSR count). The summed E-state index contributed by atoms with van der Waals surface area (Å²) in [4.78, 5) is 26.9. The van der Waals surface area contributed by atoms with E-state index < -0.39 is 0 Å². The fraction of sp³-hybridized carbons (Fsp3) is 0.308. The van der Waals surface area contributed by atoms with Gasteiger partial charge in [-0.05, 0) is 47.7 Å². The Bertz CT molecular complexity index is 1130. The van der Waals surface area contributed by atoms with Crippen LogP contribution in [0.15, 0.2) is 65.1 Å². The number of rotatable bonds is 5. The average molecular weight is 433 g/mol. The fourth-order valence-corrected chi connectivity index (χ4v) is 3.68. The zero-order valence-electron chi connectivity index (χ0n) is 18.8. The Balaban J connectivity index is 1.51. The van der Waals surface area contributed by atoms with Gasteiger partial charge in [0.1, 0.15) is 11.5 Å². The van der Waals surface area contributed by atoms with E-state index in [1.807, 2.05) is 55.5 Å². The van der Waals surface area contributed by atoms with Crippen molar-refractivity contribution in [1.82, 2.24) is 5.32 Å². The van der Waals surface area contributed by atoms with Gasteiger partial charge in [-0.25, -0.2) is 0 Å². The lowest BCUT2D eigenvalue weighted by molar-refractivity contribution is -0.121. The number of furan rings is 1. The lowest BCUT2D eigenvalue weighted by Crippen LogP contribution is -2.38. The second-order valence-corrected chi connectivity index (χ2v) is 9.07. The van der Waals surface area contributed by atoms with E-state index in [2.05, 4.69) is 26.1 Å². The van der Waals surface area contributed by atoms with E-state index in [1.54, 1.807) is 17.0 Å². The van der Waals surface area contributed by atoms with E-state index in [9.17, 15) is 9.59 Å². The van der Waals surface area contributed by atoms with Gasteiger partial charge in [-0.2, -0.15) is 0 Å². The Morgan fingerprint density at radius 1 is 1.09 bits per heavy atom. The molecule has 0 fully saturated rings. The highest BCUT2D eigenvalue weighted by Crippen LogP contribution is 2.37. The monoisotopic (exact) mass is 432 g/mol. The third-order valence-corrected chi connectivity index (χ3v) is 5.61. The highest BCUT2D eigenvalue weighted by atomic mass is 16.5. The van der Waals surface area contributed by atoms with E-state index in [0.29, 0.717) is 17.2 Å². The molecule has 3 aromatic rings. The van der Waals surface area contributed by atoms with Crippen LogP contribution in [-0.2, 0) is 16.8 Å². The van der Waals surface area contributed by atoms with Crippen molar-refractivity contribution in [2.24, 2.45) is 0 Å². The van der Waals surface area contributed by atoms with Gasteiger partial charge < -0.3 is 14.5 Å². The normalized spacial score (nSPS) is 14.5. The first-order chi connectivity index (χ1) is 15.2. The van der Waals surface area contributed by atoms with Crippen LogP contribution in [0.4, 0.5) is 5.69 Å². The lowest BCUT2D eigenvalue weighted by atomic mass is 9.86. The molecule has 1 atom stereocenters. The molecule has 2 aromatic carbocycles. The smallest absolute Gasteiger partial charge is 0.287 e. The maximum Gasteiger partial charge on any atom is 0.287 e. The Kier molecular flexibility index (Phi) is 5.78. The van der Waals surface area contributed by atoms with Crippen LogP contribution in [0.2, 0.25) is 0 Å². The molecule has 0 saturated heterocycles. The summed E-state index contributed by atoms with van der Waals surface area (Å²) in [6.07, 6.45) is 0. The molecule has 6 heteroatoms. The molecule has 6 nitrogen and oxygen atoms in total. The molecule has 1 aromatic heterocycles. The molecular formula is C26H28N2O4. The van der Waals surface area contributed by atoms with Gasteiger partial charge >= 0.3 is 0 Å². The number of ether oxygens (including phenoxy) is 1. The molecule has 1 aliphatic rings. The highest BCUT2D eigenvalue weighted by Gasteiger charge is 2.28. The molecule has 2 heterocycles. The van der Waals surface area contributed by atoms with Gasteiger partial charge in [0.15, 0.2) is 12.4 Å². The van der Waals surface area contributed by atoms with Crippen molar-refractivity contribution in [2.75, 3.05) is 11.5 Å². The quantitative estimate of drug-likeness (QED) is 0.616. The summed E-state index contributed by atoms with van der Waals surface area (Å²) in [6, 6.07) is 18.9. The number of carbonyl (C=O) groups excluding carboxylic acids is 2. The summed E-state index contributed by atoms with van der Waals surface area (Å²) < 4.78 is 11.4. The van der Waals surface area contributed by atoms with Crippen molar-refractivity contribution in [3.63, 3.8) is 0 Å². The number of hydrogen-bond donors (Lipinski definition) is 1. The zero-order chi connectivity index (χ0) is 22.9. The number of amides is 2. The molecule has 0 saturated carbocycles. The van der Waals surface area contributed by atoms with Crippen LogP contribution < -0.4 is 15.0 Å². The van der Waals surface area contributed by atoms with Crippen LogP contribution in [-0.4, -0.2) is 18.4 Å².